The predicted molar refractivity (Wildman–Crippen MR) is 65.4 cm³/mol. The van der Waals surface area contributed by atoms with Gasteiger partial charge in [0.15, 0.2) is 0 Å². The first-order chi connectivity index (χ1) is 7.79. The summed E-state index contributed by atoms with van der Waals surface area (Å²) in [4.78, 5) is 11.5. The van der Waals surface area contributed by atoms with Gasteiger partial charge >= 0.3 is 5.97 Å². The summed E-state index contributed by atoms with van der Waals surface area (Å²) in [6.45, 7) is 8.26. The van der Waals surface area contributed by atoms with Crippen LogP contribution in [-0.2, 0) is 9.53 Å². The molecule has 0 spiro atoms. The number of carbonyl (C=O) groups excluding carboxylic acids is 1. The van der Waals surface area contributed by atoms with Gasteiger partial charge in [-0.15, -0.1) is 0 Å². The molecule has 0 aromatic heterocycles. The highest BCUT2D eigenvalue weighted by Gasteiger charge is 2.64. The van der Waals surface area contributed by atoms with Crippen LogP contribution in [0.2, 0.25) is 0 Å². The van der Waals surface area contributed by atoms with Crippen molar-refractivity contribution in [3.63, 3.8) is 0 Å². The predicted octanol–water partition coefficient (Wildman–Crippen LogP) is 2.52. The van der Waals surface area contributed by atoms with E-state index in [0.717, 1.165) is 19.3 Å². The molecule has 2 fully saturated rings. The topological polar surface area (TPSA) is 46.5 Å². The van der Waals surface area contributed by atoms with Gasteiger partial charge in [0.05, 0.1) is 5.60 Å². The van der Waals surface area contributed by atoms with Crippen molar-refractivity contribution in [1.82, 2.24) is 0 Å². The molecule has 4 atom stereocenters. The van der Waals surface area contributed by atoms with Crippen LogP contribution in [0.1, 0.15) is 53.4 Å². The molecule has 0 heterocycles. The number of carbonyl (C=O) groups is 1. The van der Waals surface area contributed by atoms with E-state index in [1.807, 2.05) is 13.8 Å². The molecule has 0 aromatic rings. The molecule has 2 saturated carbocycles. The Bertz CT molecular complexity index is 319. The standard InChI is InChI=1S/C14H24O3/c1-5-6-12(15)17-11-7-9-10(13(9,2)3)8-14(11,4)16/h9-11,16H,5-8H2,1-4H3. The average molecular weight is 240 g/mol. The minimum absolute atomic E-state index is 0.172. The van der Waals surface area contributed by atoms with Crippen LogP contribution in [0.4, 0.5) is 0 Å². The maximum absolute atomic E-state index is 11.5. The van der Waals surface area contributed by atoms with E-state index < -0.39 is 5.60 Å². The van der Waals surface area contributed by atoms with Gasteiger partial charge in [-0.2, -0.15) is 0 Å². The molecule has 3 heteroatoms. The maximum atomic E-state index is 11.5. The third kappa shape index (κ3) is 2.22. The fraction of sp³-hybridized carbons (Fsp3) is 0.929. The number of esters is 1. The van der Waals surface area contributed by atoms with Gasteiger partial charge in [-0.3, -0.25) is 4.79 Å². The fourth-order valence-electron chi connectivity index (χ4n) is 3.39. The van der Waals surface area contributed by atoms with Crippen LogP contribution in [-0.4, -0.2) is 22.8 Å². The minimum atomic E-state index is -0.849. The Hall–Kier alpha value is -0.570. The number of aliphatic hydroxyl groups is 1. The van der Waals surface area contributed by atoms with Crippen LogP contribution in [0.25, 0.3) is 0 Å². The van der Waals surface area contributed by atoms with E-state index in [-0.39, 0.29) is 12.1 Å². The lowest BCUT2D eigenvalue weighted by atomic mass is 9.83. The van der Waals surface area contributed by atoms with Crippen LogP contribution in [0.5, 0.6) is 0 Å². The monoisotopic (exact) mass is 240 g/mol. The SMILES string of the molecule is CCCC(=O)OC1CC2C(CC1(C)O)C2(C)C. The molecule has 4 unspecified atom stereocenters. The van der Waals surface area contributed by atoms with Crippen molar-refractivity contribution < 1.29 is 14.6 Å². The summed E-state index contributed by atoms with van der Waals surface area (Å²) in [7, 11) is 0. The van der Waals surface area contributed by atoms with Crippen LogP contribution in [0.15, 0.2) is 0 Å². The molecule has 0 aromatic carbocycles. The van der Waals surface area contributed by atoms with E-state index in [1.165, 1.54) is 0 Å². The van der Waals surface area contributed by atoms with Crippen molar-refractivity contribution in [1.29, 1.82) is 0 Å². The van der Waals surface area contributed by atoms with E-state index in [4.69, 9.17) is 4.74 Å². The third-order valence-electron chi connectivity index (χ3n) is 4.81. The van der Waals surface area contributed by atoms with Gasteiger partial charge in [-0.1, -0.05) is 20.8 Å². The number of rotatable bonds is 3. The van der Waals surface area contributed by atoms with Gasteiger partial charge in [0.1, 0.15) is 6.10 Å². The van der Waals surface area contributed by atoms with Gasteiger partial charge in [0.2, 0.25) is 0 Å². The molecule has 0 radical (unpaired) electrons. The van der Waals surface area contributed by atoms with Crippen molar-refractivity contribution >= 4 is 5.97 Å². The molecule has 0 saturated heterocycles. The molecule has 17 heavy (non-hydrogen) atoms. The second kappa shape index (κ2) is 3.98. The fourth-order valence-corrected chi connectivity index (χ4v) is 3.39. The van der Waals surface area contributed by atoms with Gasteiger partial charge in [0, 0.05) is 6.42 Å². The Kier molecular flexibility index (Phi) is 3.01. The quantitative estimate of drug-likeness (QED) is 0.771. The zero-order valence-electron chi connectivity index (χ0n) is 11.3. The molecule has 2 rings (SSSR count). The molecular weight excluding hydrogens is 216 g/mol. The number of ether oxygens (including phenoxy) is 1. The first-order valence-electron chi connectivity index (χ1n) is 6.71. The highest BCUT2D eigenvalue weighted by molar-refractivity contribution is 5.69. The summed E-state index contributed by atoms with van der Waals surface area (Å²) < 4.78 is 5.45. The largest absolute Gasteiger partial charge is 0.459 e. The van der Waals surface area contributed by atoms with Crippen molar-refractivity contribution in [3.8, 4) is 0 Å². The Morgan fingerprint density at radius 2 is 2.00 bits per heavy atom. The molecular formula is C14H24O3. The normalized spacial score (nSPS) is 42.8. The second-order valence-corrected chi connectivity index (χ2v) is 6.56. The van der Waals surface area contributed by atoms with Crippen molar-refractivity contribution in [2.45, 2.75) is 65.1 Å². The second-order valence-electron chi connectivity index (χ2n) is 6.56. The Morgan fingerprint density at radius 1 is 1.35 bits per heavy atom. The smallest absolute Gasteiger partial charge is 0.306 e. The summed E-state index contributed by atoms with van der Waals surface area (Å²) in [5.74, 6) is 1.04. The summed E-state index contributed by atoms with van der Waals surface area (Å²) >= 11 is 0. The minimum Gasteiger partial charge on any atom is -0.459 e. The molecule has 1 N–H and O–H groups in total. The van der Waals surface area contributed by atoms with Crippen molar-refractivity contribution in [2.75, 3.05) is 0 Å². The van der Waals surface area contributed by atoms with Crippen LogP contribution < -0.4 is 0 Å². The van der Waals surface area contributed by atoms with Crippen LogP contribution in [0, 0.1) is 17.3 Å². The number of hydrogen-bond donors (Lipinski definition) is 1. The lowest BCUT2D eigenvalue weighted by molar-refractivity contribution is -0.169. The van der Waals surface area contributed by atoms with Gasteiger partial charge in [-0.25, -0.2) is 0 Å². The summed E-state index contributed by atoms with van der Waals surface area (Å²) in [6, 6.07) is 0. The van der Waals surface area contributed by atoms with Crippen LogP contribution >= 0.6 is 0 Å². The highest BCUT2D eigenvalue weighted by Crippen LogP contribution is 2.66. The first-order valence-corrected chi connectivity index (χ1v) is 6.71. The molecule has 0 aliphatic heterocycles. The summed E-state index contributed by atoms with van der Waals surface area (Å²) in [5, 5.41) is 10.4. The molecule has 2 aliphatic carbocycles. The average Bonchev–Trinajstić information content (AvgIpc) is 2.68. The molecule has 2 aliphatic rings. The Balaban J connectivity index is 2.00. The van der Waals surface area contributed by atoms with Gasteiger partial charge < -0.3 is 9.84 Å². The Morgan fingerprint density at radius 3 is 2.59 bits per heavy atom. The lowest BCUT2D eigenvalue weighted by Gasteiger charge is -2.35. The van der Waals surface area contributed by atoms with E-state index in [0.29, 0.717) is 23.7 Å². The zero-order chi connectivity index (χ0) is 12.8. The molecule has 3 nitrogen and oxygen atoms in total. The maximum Gasteiger partial charge on any atom is 0.306 e. The number of hydrogen-bond acceptors (Lipinski definition) is 3. The lowest BCUT2D eigenvalue weighted by Crippen LogP contribution is -2.45. The zero-order valence-corrected chi connectivity index (χ0v) is 11.3. The summed E-state index contributed by atoms with van der Waals surface area (Å²) in [5.41, 5.74) is -0.533. The number of fused-ring (bicyclic) bond motifs is 1. The van der Waals surface area contributed by atoms with E-state index in [1.54, 1.807) is 0 Å². The molecule has 98 valence electrons. The van der Waals surface area contributed by atoms with Crippen LogP contribution in [0.3, 0.4) is 0 Å². The van der Waals surface area contributed by atoms with Gasteiger partial charge in [-0.05, 0) is 43.4 Å². The highest BCUT2D eigenvalue weighted by atomic mass is 16.6. The first kappa shape index (κ1) is 12.9. The Labute approximate surface area is 104 Å². The van der Waals surface area contributed by atoms with E-state index in [2.05, 4.69) is 13.8 Å². The molecule has 0 bridgehead atoms. The van der Waals surface area contributed by atoms with E-state index >= 15 is 0 Å². The third-order valence-corrected chi connectivity index (χ3v) is 4.81. The molecule has 0 amide bonds. The van der Waals surface area contributed by atoms with E-state index in [9.17, 15) is 9.90 Å². The van der Waals surface area contributed by atoms with Crippen molar-refractivity contribution in [2.24, 2.45) is 17.3 Å². The van der Waals surface area contributed by atoms with Gasteiger partial charge in [0.25, 0.3) is 0 Å². The summed E-state index contributed by atoms with van der Waals surface area (Å²) in [6.07, 6.45) is 2.51. The van der Waals surface area contributed by atoms with Crippen molar-refractivity contribution in [3.05, 3.63) is 0 Å².